The SMILES string of the molecule is COCC(=O)Nn1cnc2scc(-c3ccccc3)c2c1=O. The maximum atomic E-state index is 12.6. The molecule has 0 bridgehead atoms. The summed E-state index contributed by atoms with van der Waals surface area (Å²) in [5, 5.41) is 2.40. The largest absolute Gasteiger partial charge is 0.375 e. The van der Waals surface area contributed by atoms with Gasteiger partial charge in [-0.3, -0.25) is 15.0 Å². The Hall–Kier alpha value is -2.51. The molecule has 3 aromatic rings. The van der Waals surface area contributed by atoms with E-state index in [2.05, 4.69) is 10.4 Å². The zero-order chi connectivity index (χ0) is 15.5. The Morgan fingerprint density at radius 1 is 1.36 bits per heavy atom. The van der Waals surface area contributed by atoms with E-state index in [1.54, 1.807) is 0 Å². The number of rotatable bonds is 4. The molecule has 7 heteroatoms. The molecule has 1 N–H and O–H groups in total. The van der Waals surface area contributed by atoms with Crippen molar-refractivity contribution in [2.45, 2.75) is 0 Å². The van der Waals surface area contributed by atoms with Gasteiger partial charge >= 0.3 is 0 Å². The van der Waals surface area contributed by atoms with Gasteiger partial charge in [0.25, 0.3) is 11.5 Å². The summed E-state index contributed by atoms with van der Waals surface area (Å²) in [6.07, 6.45) is 1.31. The molecule has 0 fully saturated rings. The van der Waals surface area contributed by atoms with Crippen LogP contribution in [-0.4, -0.2) is 29.3 Å². The van der Waals surface area contributed by atoms with Crippen molar-refractivity contribution in [1.29, 1.82) is 0 Å². The number of thiophene rings is 1. The van der Waals surface area contributed by atoms with Crippen molar-refractivity contribution in [3.8, 4) is 11.1 Å². The van der Waals surface area contributed by atoms with Crippen LogP contribution in [0.4, 0.5) is 0 Å². The van der Waals surface area contributed by atoms with Crippen LogP contribution in [0.25, 0.3) is 21.3 Å². The first-order valence-electron chi connectivity index (χ1n) is 6.54. The average molecular weight is 315 g/mol. The van der Waals surface area contributed by atoms with Crippen LogP contribution in [0.15, 0.2) is 46.8 Å². The minimum absolute atomic E-state index is 0.125. The predicted octanol–water partition coefficient (Wildman–Crippen LogP) is 1.84. The van der Waals surface area contributed by atoms with Gasteiger partial charge in [-0.15, -0.1) is 11.3 Å². The molecule has 0 atom stereocenters. The van der Waals surface area contributed by atoms with E-state index in [1.807, 2.05) is 35.7 Å². The summed E-state index contributed by atoms with van der Waals surface area (Å²) in [5.41, 5.74) is 3.90. The summed E-state index contributed by atoms with van der Waals surface area (Å²) < 4.78 is 5.82. The van der Waals surface area contributed by atoms with Gasteiger partial charge < -0.3 is 4.74 Å². The number of methoxy groups -OCH3 is 1. The molecule has 0 aliphatic heterocycles. The van der Waals surface area contributed by atoms with Gasteiger partial charge in [-0.25, -0.2) is 9.66 Å². The molecular formula is C15H13N3O3S. The molecule has 22 heavy (non-hydrogen) atoms. The number of ether oxygens (including phenoxy) is 1. The zero-order valence-electron chi connectivity index (χ0n) is 11.8. The van der Waals surface area contributed by atoms with E-state index in [0.717, 1.165) is 15.8 Å². The van der Waals surface area contributed by atoms with Crippen molar-refractivity contribution in [2.24, 2.45) is 0 Å². The topological polar surface area (TPSA) is 73.2 Å². The fourth-order valence-corrected chi connectivity index (χ4v) is 3.05. The Kier molecular flexibility index (Phi) is 3.99. The second-order valence-electron chi connectivity index (χ2n) is 4.58. The van der Waals surface area contributed by atoms with Gasteiger partial charge in [-0.2, -0.15) is 0 Å². The first-order chi connectivity index (χ1) is 10.7. The van der Waals surface area contributed by atoms with E-state index in [0.29, 0.717) is 10.2 Å². The molecule has 6 nitrogen and oxygen atoms in total. The van der Waals surface area contributed by atoms with Gasteiger partial charge in [0.05, 0.1) is 5.39 Å². The summed E-state index contributed by atoms with van der Waals surface area (Å²) in [6, 6.07) is 9.60. The van der Waals surface area contributed by atoms with E-state index >= 15 is 0 Å². The van der Waals surface area contributed by atoms with Crippen LogP contribution >= 0.6 is 11.3 Å². The molecule has 3 rings (SSSR count). The fourth-order valence-electron chi connectivity index (χ4n) is 2.14. The maximum Gasteiger partial charge on any atom is 0.281 e. The quantitative estimate of drug-likeness (QED) is 0.797. The molecule has 2 heterocycles. The number of amides is 1. The highest BCUT2D eigenvalue weighted by atomic mass is 32.1. The van der Waals surface area contributed by atoms with Crippen LogP contribution in [0.5, 0.6) is 0 Å². The number of hydrogen-bond donors (Lipinski definition) is 1. The third kappa shape index (κ3) is 2.63. The monoisotopic (exact) mass is 315 g/mol. The number of benzene rings is 1. The van der Waals surface area contributed by atoms with Crippen molar-refractivity contribution < 1.29 is 9.53 Å². The molecular weight excluding hydrogens is 302 g/mol. The minimum Gasteiger partial charge on any atom is -0.375 e. The molecule has 0 saturated carbocycles. The number of aromatic nitrogens is 2. The third-order valence-corrected chi connectivity index (χ3v) is 3.99. The number of nitrogens with one attached hydrogen (secondary N) is 1. The second kappa shape index (κ2) is 6.08. The van der Waals surface area contributed by atoms with Gasteiger partial charge in [-0.05, 0) is 5.56 Å². The Morgan fingerprint density at radius 3 is 2.86 bits per heavy atom. The molecule has 1 aromatic carbocycles. The Morgan fingerprint density at radius 2 is 2.14 bits per heavy atom. The van der Waals surface area contributed by atoms with Gasteiger partial charge in [0.15, 0.2) is 0 Å². The van der Waals surface area contributed by atoms with E-state index in [1.165, 1.54) is 24.8 Å². The highest BCUT2D eigenvalue weighted by Crippen LogP contribution is 2.30. The van der Waals surface area contributed by atoms with E-state index in [-0.39, 0.29) is 12.2 Å². The smallest absolute Gasteiger partial charge is 0.281 e. The van der Waals surface area contributed by atoms with Gasteiger partial charge in [0.1, 0.15) is 17.8 Å². The Labute approximate surface area is 130 Å². The summed E-state index contributed by atoms with van der Waals surface area (Å²) in [6.45, 7) is -0.125. The van der Waals surface area contributed by atoms with Crippen LogP contribution in [-0.2, 0) is 9.53 Å². The third-order valence-electron chi connectivity index (χ3n) is 3.10. The minimum atomic E-state index is -0.415. The van der Waals surface area contributed by atoms with Crippen LogP contribution in [0, 0.1) is 0 Å². The summed E-state index contributed by atoms with van der Waals surface area (Å²) in [7, 11) is 1.41. The Bertz CT molecular complexity index is 871. The van der Waals surface area contributed by atoms with Crippen molar-refractivity contribution in [3.63, 3.8) is 0 Å². The zero-order valence-corrected chi connectivity index (χ0v) is 12.6. The number of fused-ring (bicyclic) bond motifs is 1. The van der Waals surface area contributed by atoms with Crippen LogP contribution in [0.2, 0.25) is 0 Å². The Balaban J connectivity index is 2.10. The molecule has 0 aliphatic rings. The lowest BCUT2D eigenvalue weighted by Crippen LogP contribution is -2.34. The summed E-state index contributed by atoms with van der Waals surface area (Å²) >= 11 is 1.40. The van der Waals surface area contributed by atoms with Crippen molar-refractivity contribution in [2.75, 3.05) is 19.1 Å². The number of carbonyl (C=O) groups excluding carboxylic acids is 1. The lowest BCUT2D eigenvalue weighted by Gasteiger charge is -2.07. The molecule has 0 spiro atoms. The first-order valence-corrected chi connectivity index (χ1v) is 7.41. The lowest BCUT2D eigenvalue weighted by molar-refractivity contribution is -0.120. The summed E-state index contributed by atoms with van der Waals surface area (Å²) in [4.78, 5) is 29.0. The highest BCUT2D eigenvalue weighted by Gasteiger charge is 2.14. The first kappa shape index (κ1) is 14.4. The van der Waals surface area contributed by atoms with Gasteiger partial charge in [-0.1, -0.05) is 30.3 Å². The molecule has 2 aromatic heterocycles. The van der Waals surface area contributed by atoms with Crippen molar-refractivity contribution in [1.82, 2.24) is 9.66 Å². The van der Waals surface area contributed by atoms with E-state index in [9.17, 15) is 9.59 Å². The normalized spacial score (nSPS) is 10.8. The molecule has 0 aliphatic carbocycles. The van der Waals surface area contributed by atoms with Gasteiger partial charge in [0, 0.05) is 18.1 Å². The molecule has 1 amide bonds. The van der Waals surface area contributed by atoms with Crippen molar-refractivity contribution in [3.05, 3.63) is 52.4 Å². The second-order valence-corrected chi connectivity index (χ2v) is 5.44. The number of nitrogens with zero attached hydrogens (tertiary/aromatic N) is 2. The van der Waals surface area contributed by atoms with Gasteiger partial charge in [0.2, 0.25) is 0 Å². The lowest BCUT2D eigenvalue weighted by atomic mass is 10.1. The van der Waals surface area contributed by atoms with Crippen LogP contribution < -0.4 is 11.0 Å². The standard InChI is InChI=1S/C15H13N3O3S/c1-21-7-12(19)17-18-9-16-14-13(15(18)20)11(8-22-14)10-5-3-2-4-6-10/h2-6,8-9H,7H2,1H3,(H,17,19). The predicted molar refractivity (Wildman–Crippen MR) is 85.6 cm³/mol. The van der Waals surface area contributed by atoms with Crippen LogP contribution in [0.1, 0.15) is 0 Å². The maximum absolute atomic E-state index is 12.6. The molecule has 0 saturated heterocycles. The highest BCUT2D eigenvalue weighted by molar-refractivity contribution is 7.17. The molecule has 0 radical (unpaired) electrons. The number of hydrogen-bond acceptors (Lipinski definition) is 5. The number of carbonyl (C=O) groups is 1. The van der Waals surface area contributed by atoms with Crippen molar-refractivity contribution >= 4 is 27.5 Å². The molecule has 112 valence electrons. The van der Waals surface area contributed by atoms with Crippen LogP contribution in [0.3, 0.4) is 0 Å². The fraction of sp³-hybridized carbons (Fsp3) is 0.133. The van der Waals surface area contributed by atoms with E-state index in [4.69, 9.17) is 4.74 Å². The average Bonchev–Trinajstić information content (AvgIpc) is 2.96. The summed E-state index contributed by atoms with van der Waals surface area (Å²) in [5.74, 6) is -0.415. The molecule has 0 unspecified atom stereocenters. The van der Waals surface area contributed by atoms with E-state index < -0.39 is 5.91 Å².